The molecular weight excluding hydrogens is 311 g/mol. The van der Waals surface area contributed by atoms with Gasteiger partial charge in [0.25, 0.3) is 0 Å². The summed E-state index contributed by atoms with van der Waals surface area (Å²) in [4.78, 5) is 27.9. The average molecular weight is 325 g/mol. The molecule has 1 amide bonds. The Morgan fingerprint density at radius 3 is 2.43 bits per heavy atom. The molecule has 0 aliphatic heterocycles. The van der Waals surface area contributed by atoms with E-state index < -0.39 is 24.5 Å². The van der Waals surface area contributed by atoms with Crippen LogP contribution in [0.25, 0.3) is 0 Å². The van der Waals surface area contributed by atoms with Gasteiger partial charge in [0, 0.05) is 18.5 Å². The third-order valence-electron chi connectivity index (χ3n) is 2.36. The molecule has 0 spiro atoms. The van der Waals surface area contributed by atoms with E-state index in [1.54, 1.807) is 19.0 Å². The number of carboxylic acid groups (broad SMARTS) is 1. The number of hydrogen-bond donors (Lipinski definition) is 1. The van der Waals surface area contributed by atoms with Gasteiger partial charge in [-0.15, -0.1) is 11.3 Å². The molecule has 118 valence electrons. The number of aromatic nitrogens is 1. The molecule has 0 aliphatic carbocycles. The summed E-state index contributed by atoms with van der Waals surface area (Å²) in [6.45, 7) is 0.0288. The van der Waals surface area contributed by atoms with Gasteiger partial charge in [0.2, 0.25) is 0 Å². The van der Waals surface area contributed by atoms with Crippen molar-refractivity contribution in [2.24, 2.45) is 0 Å². The summed E-state index contributed by atoms with van der Waals surface area (Å²) in [5, 5.41) is 9.80. The zero-order valence-electron chi connectivity index (χ0n) is 11.3. The monoisotopic (exact) mass is 325 g/mol. The highest BCUT2D eigenvalue weighted by molar-refractivity contribution is 7.14. The van der Waals surface area contributed by atoms with Gasteiger partial charge in [-0.25, -0.2) is 4.98 Å². The van der Waals surface area contributed by atoms with Gasteiger partial charge in [-0.05, 0) is 14.1 Å². The SMILES string of the molecule is CN(C)CCN(C(=O)C(F)(F)F)c1nc(CC(=O)O)cs1. The van der Waals surface area contributed by atoms with Crippen molar-refractivity contribution in [1.82, 2.24) is 9.88 Å². The van der Waals surface area contributed by atoms with Crippen LogP contribution in [0.15, 0.2) is 5.38 Å². The molecule has 21 heavy (non-hydrogen) atoms. The van der Waals surface area contributed by atoms with Crippen LogP contribution in [0, 0.1) is 0 Å². The lowest BCUT2D eigenvalue weighted by Crippen LogP contribution is -2.44. The topological polar surface area (TPSA) is 73.7 Å². The van der Waals surface area contributed by atoms with E-state index in [0.29, 0.717) is 4.90 Å². The molecule has 1 aromatic heterocycles. The molecular formula is C11H14F3N3O3S. The number of carbonyl (C=O) groups excluding carboxylic acids is 1. The molecule has 1 aromatic rings. The first-order valence-electron chi connectivity index (χ1n) is 5.81. The Morgan fingerprint density at radius 1 is 1.33 bits per heavy atom. The van der Waals surface area contributed by atoms with E-state index in [4.69, 9.17) is 5.11 Å². The highest BCUT2D eigenvalue weighted by Crippen LogP contribution is 2.26. The van der Waals surface area contributed by atoms with E-state index >= 15 is 0 Å². The third kappa shape index (κ3) is 5.31. The molecule has 0 saturated heterocycles. The first-order valence-corrected chi connectivity index (χ1v) is 6.69. The summed E-state index contributed by atoms with van der Waals surface area (Å²) < 4.78 is 37.8. The quantitative estimate of drug-likeness (QED) is 0.851. The summed E-state index contributed by atoms with van der Waals surface area (Å²) in [6.07, 6.45) is -5.41. The van der Waals surface area contributed by atoms with Crippen LogP contribution in [0.5, 0.6) is 0 Å². The number of amides is 1. The maximum atomic E-state index is 12.6. The fourth-order valence-electron chi connectivity index (χ4n) is 1.39. The number of halogens is 3. The maximum Gasteiger partial charge on any atom is 0.471 e. The maximum absolute atomic E-state index is 12.6. The minimum atomic E-state index is -5.01. The van der Waals surface area contributed by atoms with Crippen LogP contribution in [-0.4, -0.2) is 60.2 Å². The predicted molar refractivity (Wildman–Crippen MR) is 70.4 cm³/mol. The lowest BCUT2D eigenvalue weighted by atomic mass is 10.3. The van der Waals surface area contributed by atoms with Gasteiger partial charge in [-0.1, -0.05) is 0 Å². The summed E-state index contributed by atoms with van der Waals surface area (Å²) in [5.74, 6) is -3.16. The van der Waals surface area contributed by atoms with Crippen molar-refractivity contribution in [3.05, 3.63) is 11.1 Å². The van der Waals surface area contributed by atoms with Crippen LogP contribution in [0.4, 0.5) is 18.3 Å². The second kappa shape index (κ2) is 6.85. The highest BCUT2D eigenvalue weighted by atomic mass is 32.1. The van der Waals surface area contributed by atoms with Crippen molar-refractivity contribution in [2.75, 3.05) is 32.1 Å². The first kappa shape index (κ1) is 17.4. The molecule has 0 saturated carbocycles. The van der Waals surface area contributed by atoms with Crippen LogP contribution < -0.4 is 4.90 Å². The van der Waals surface area contributed by atoms with E-state index in [1.807, 2.05) is 0 Å². The summed E-state index contributed by atoms with van der Waals surface area (Å²) in [6, 6.07) is 0. The minimum Gasteiger partial charge on any atom is -0.481 e. The Bertz CT molecular complexity index is 516. The number of carboxylic acids is 1. The van der Waals surface area contributed by atoms with Crippen LogP contribution in [0.2, 0.25) is 0 Å². The number of alkyl halides is 3. The van der Waals surface area contributed by atoms with Crippen LogP contribution >= 0.6 is 11.3 Å². The molecule has 0 atom stereocenters. The van der Waals surface area contributed by atoms with Gasteiger partial charge in [-0.2, -0.15) is 13.2 Å². The molecule has 1 N–H and O–H groups in total. The molecule has 0 unspecified atom stereocenters. The number of anilines is 1. The number of carbonyl (C=O) groups is 2. The van der Waals surface area contributed by atoms with E-state index in [1.165, 1.54) is 5.38 Å². The number of hydrogen-bond acceptors (Lipinski definition) is 5. The second-order valence-electron chi connectivity index (χ2n) is 4.45. The number of thiazole rings is 1. The Balaban J connectivity index is 2.97. The third-order valence-corrected chi connectivity index (χ3v) is 3.27. The Morgan fingerprint density at radius 2 is 1.95 bits per heavy atom. The van der Waals surface area contributed by atoms with Crippen molar-refractivity contribution in [3.8, 4) is 0 Å². The largest absolute Gasteiger partial charge is 0.481 e. The number of likely N-dealkylation sites (N-methyl/N-ethyl adjacent to an activating group) is 1. The van der Waals surface area contributed by atoms with Crippen LogP contribution in [-0.2, 0) is 16.0 Å². The molecule has 1 heterocycles. The Labute approximate surface area is 122 Å². The molecule has 1 rings (SSSR count). The smallest absolute Gasteiger partial charge is 0.471 e. The van der Waals surface area contributed by atoms with Gasteiger partial charge < -0.3 is 10.0 Å². The number of aliphatic carboxylic acids is 1. The van der Waals surface area contributed by atoms with E-state index in [-0.39, 0.29) is 23.9 Å². The summed E-state index contributed by atoms with van der Waals surface area (Å²) in [7, 11) is 3.32. The van der Waals surface area contributed by atoms with Gasteiger partial charge in [0.15, 0.2) is 5.13 Å². The number of rotatable bonds is 6. The summed E-state index contributed by atoms with van der Waals surface area (Å²) >= 11 is 0.808. The van der Waals surface area contributed by atoms with Gasteiger partial charge in [0.05, 0.1) is 12.1 Å². The van der Waals surface area contributed by atoms with E-state index in [0.717, 1.165) is 11.3 Å². The molecule has 0 bridgehead atoms. The van der Waals surface area contributed by atoms with Crippen molar-refractivity contribution >= 4 is 28.3 Å². The van der Waals surface area contributed by atoms with E-state index in [2.05, 4.69) is 4.98 Å². The zero-order valence-corrected chi connectivity index (χ0v) is 12.2. The molecule has 0 fully saturated rings. The minimum absolute atomic E-state index is 0.118. The standard InChI is InChI=1S/C11H14F3N3O3S/c1-16(2)3-4-17(9(20)11(12,13)14)10-15-7(6-21-10)5-8(18)19/h6H,3-5H2,1-2H3,(H,18,19). The predicted octanol–water partition coefficient (Wildman–Crippen LogP) is 1.23. The lowest BCUT2D eigenvalue weighted by molar-refractivity contribution is -0.170. The van der Waals surface area contributed by atoms with E-state index in [9.17, 15) is 22.8 Å². The second-order valence-corrected chi connectivity index (χ2v) is 5.29. The zero-order chi connectivity index (χ0) is 16.2. The molecule has 10 heteroatoms. The van der Waals surface area contributed by atoms with Crippen molar-refractivity contribution in [2.45, 2.75) is 12.6 Å². The Kier molecular flexibility index (Phi) is 5.67. The Hall–Kier alpha value is -1.68. The number of nitrogens with zero attached hydrogens (tertiary/aromatic N) is 3. The lowest BCUT2D eigenvalue weighted by Gasteiger charge is -2.22. The van der Waals surface area contributed by atoms with Crippen molar-refractivity contribution in [1.29, 1.82) is 0 Å². The fourth-order valence-corrected chi connectivity index (χ4v) is 2.24. The van der Waals surface area contributed by atoms with Gasteiger partial charge in [0.1, 0.15) is 0 Å². The first-order chi connectivity index (χ1) is 9.61. The molecule has 6 nitrogen and oxygen atoms in total. The summed E-state index contributed by atoms with van der Waals surface area (Å²) in [5.41, 5.74) is 0.118. The fraction of sp³-hybridized carbons (Fsp3) is 0.545. The molecule has 0 radical (unpaired) electrons. The molecule has 0 aliphatic rings. The van der Waals surface area contributed by atoms with Crippen LogP contribution in [0.3, 0.4) is 0 Å². The molecule has 0 aromatic carbocycles. The van der Waals surface area contributed by atoms with Gasteiger partial charge in [-0.3, -0.25) is 14.5 Å². The van der Waals surface area contributed by atoms with Gasteiger partial charge >= 0.3 is 18.1 Å². The van der Waals surface area contributed by atoms with Crippen LogP contribution in [0.1, 0.15) is 5.69 Å². The average Bonchev–Trinajstić information content (AvgIpc) is 2.75. The van der Waals surface area contributed by atoms with Crippen molar-refractivity contribution < 1.29 is 27.9 Å². The highest BCUT2D eigenvalue weighted by Gasteiger charge is 2.43. The normalized spacial score (nSPS) is 11.7. The van der Waals surface area contributed by atoms with Crippen molar-refractivity contribution in [3.63, 3.8) is 0 Å².